The van der Waals surface area contributed by atoms with E-state index in [0.717, 1.165) is 16.3 Å². The fourth-order valence-electron chi connectivity index (χ4n) is 2.82. The summed E-state index contributed by atoms with van der Waals surface area (Å²) < 4.78 is 8.25. The minimum absolute atomic E-state index is 0.0968. The highest BCUT2D eigenvalue weighted by Gasteiger charge is 2.13. The molecule has 3 aromatic heterocycles. The fraction of sp³-hybridized carbons (Fsp3) is 0.167. The Labute approximate surface area is 152 Å². The van der Waals surface area contributed by atoms with Crippen molar-refractivity contribution in [2.45, 2.75) is 13.1 Å². The number of aryl methyl sites for hydroxylation is 1. The summed E-state index contributed by atoms with van der Waals surface area (Å²) in [6, 6.07) is 13.0. The molecule has 0 saturated carbocycles. The molecule has 7 nitrogen and oxygen atoms in total. The molecule has 0 atom stereocenters. The topological polar surface area (TPSA) is 82.1 Å². The second kappa shape index (κ2) is 6.64. The highest BCUT2D eigenvalue weighted by molar-refractivity contribution is 7.13. The minimum atomic E-state index is -0.542. The number of thiophene rings is 1. The van der Waals surface area contributed by atoms with Gasteiger partial charge in [-0.25, -0.2) is 4.79 Å². The number of oxazole rings is 1. The maximum Gasteiger partial charge on any atom is 0.420 e. The van der Waals surface area contributed by atoms with Gasteiger partial charge in [0, 0.05) is 7.05 Å². The van der Waals surface area contributed by atoms with E-state index in [-0.39, 0.29) is 12.5 Å². The number of hydrogen-bond acceptors (Lipinski definition) is 5. The first-order chi connectivity index (χ1) is 12.6. The second-order valence-electron chi connectivity index (χ2n) is 5.82. The zero-order chi connectivity index (χ0) is 18.1. The van der Waals surface area contributed by atoms with Gasteiger partial charge < -0.3 is 9.73 Å². The minimum Gasteiger partial charge on any atom is -0.408 e. The number of rotatable bonds is 5. The smallest absolute Gasteiger partial charge is 0.408 e. The van der Waals surface area contributed by atoms with Crippen molar-refractivity contribution >= 4 is 28.3 Å². The number of para-hydroxylation sites is 2. The number of hydrogen-bond donors (Lipinski definition) is 1. The lowest BCUT2D eigenvalue weighted by Crippen LogP contribution is -2.30. The van der Waals surface area contributed by atoms with Crippen molar-refractivity contribution in [2.75, 3.05) is 0 Å². The summed E-state index contributed by atoms with van der Waals surface area (Å²) in [4.78, 5) is 25.3. The molecule has 26 heavy (non-hydrogen) atoms. The van der Waals surface area contributed by atoms with Crippen molar-refractivity contribution in [3.8, 4) is 10.6 Å². The van der Waals surface area contributed by atoms with Crippen LogP contribution in [0.1, 0.15) is 5.69 Å². The molecule has 1 aromatic carbocycles. The quantitative estimate of drug-likeness (QED) is 0.586. The number of nitrogens with one attached hydrogen (secondary N) is 1. The van der Waals surface area contributed by atoms with Crippen LogP contribution in [0.4, 0.5) is 0 Å². The third-order valence-electron chi connectivity index (χ3n) is 4.05. The van der Waals surface area contributed by atoms with E-state index >= 15 is 0 Å². The van der Waals surface area contributed by atoms with Crippen molar-refractivity contribution in [1.82, 2.24) is 19.7 Å². The molecular formula is C18H16N4O3S. The molecule has 0 radical (unpaired) electrons. The molecule has 0 bridgehead atoms. The third-order valence-corrected chi connectivity index (χ3v) is 4.94. The van der Waals surface area contributed by atoms with Gasteiger partial charge in [0.2, 0.25) is 5.91 Å². The Morgan fingerprint density at radius 3 is 2.92 bits per heavy atom. The first-order valence-corrected chi connectivity index (χ1v) is 8.91. The van der Waals surface area contributed by atoms with E-state index in [1.54, 1.807) is 40.3 Å². The van der Waals surface area contributed by atoms with E-state index in [2.05, 4.69) is 10.4 Å². The van der Waals surface area contributed by atoms with Crippen LogP contribution < -0.4 is 11.1 Å². The number of fused-ring (bicyclic) bond motifs is 1. The van der Waals surface area contributed by atoms with E-state index in [1.165, 1.54) is 4.57 Å². The molecule has 3 heterocycles. The van der Waals surface area contributed by atoms with Crippen LogP contribution in [0.25, 0.3) is 21.7 Å². The summed E-state index contributed by atoms with van der Waals surface area (Å²) in [6.45, 7) is 0.197. The zero-order valence-electron chi connectivity index (χ0n) is 14.0. The van der Waals surface area contributed by atoms with Crippen molar-refractivity contribution in [1.29, 1.82) is 0 Å². The molecule has 0 spiro atoms. The van der Waals surface area contributed by atoms with Gasteiger partial charge in [0.05, 0.1) is 28.3 Å². The predicted molar refractivity (Wildman–Crippen MR) is 98.8 cm³/mol. The van der Waals surface area contributed by atoms with Gasteiger partial charge in [-0.05, 0) is 29.6 Å². The van der Waals surface area contributed by atoms with E-state index in [0.29, 0.717) is 17.6 Å². The van der Waals surface area contributed by atoms with Crippen LogP contribution in [-0.2, 0) is 24.9 Å². The highest BCUT2D eigenvalue weighted by atomic mass is 32.1. The number of carbonyl (C=O) groups is 1. The van der Waals surface area contributed by atoms with E-state index in [4.69, 9.17) is 4.42 Å². The standard InChI is InChI=1S/C18H16N4O3S/c1-21-14(16-7-4-8-26-16)9-12(20-21)10-19-17(23)11-22-13-5-2-3-6-15(13)25-18(22)24/h2-9H,10-11H2,1H3,(H,19,23). The van der Waals surface area contributed by atoms with Gasteiger partial charge in [0.25, 0.3) is 0 Å². The van der Waals surface area contributed by atoms with Crippen molar-refractivity contribution in [2.24, 2.45) is 7.05 Å². The summed E-state index contributed by atoms with van der Waals surface area (Å²) >= 11 is 1.64. The van der Waals surface area contributed by atoms with Gasteiger partial charge in [-0.2, -0.15) is 5.10 Å². The van der Waals surface area contributed by atoms with Crippen molar-refractivity contribution in [3.05, 3.63) is 64.1 Å². The van der Waals surface area contributed by atoms with Crippen molar-refractivity contribution in [3.63, 3.8) is 0 Å². The Morgan fingerprint density at radius 2 is 2.12 bits per heavy atom. The van der Waals surface area contributed by atoms with Crippen LogP contribution in [0.3, 0.4) is 0 Å². The van der Waals surface area contributed by atoms with Crippen LogP contribution >= 0.6 is 11.3 Å². The van der Waals surface area contributed by atoms with Crippen LogP contribution in [0.2, 0.25) is 0 Å². The average Bonchev–Trinajstić information content (AvgIpc) is 3.33. The molecule has 0 aliphatic carbocycles. The van der Waals surface area contributed by atoms with E-state index < -0.39 is 5.76 Å². The van der Waals surface area contributed by atoms with Crippen LogP contribution in [0, 0.1) is 0 Å². The lowest BCUT2D eigenvalue weighted by molar-refractivity contribution is -0.121. The molecule has 4 aromatic rings. The second-order valence-corrected chi connectivity index (χ2v) is 6.77. The molecule has 4 rings (SSSR count). The number of nitrogens with zero attached hydrogens (tertiary/aromatic N) is 3. The SMILES string of the molecule is Cn1nc(CNC(=O)Cn2c(=O)oc3ccccc32)cc1-c1cccs1. The van der Waals surface area contributed by atoms with Gasteiger partial charge in [0.15, 0.2) is 5.58 Å². The Kier molecular flexibility index (Phi) is 4.18. The largest absolute Gasteiger partial charge is 0.420 e. The van der Waals surface area contributed by atoms with Gasteiger partial charge in [0.1, 0.15) is 6.54 Å². The number of benzene rings is 1. The van der Waals surface area contributed by atoms with Crippen LogP contribution in [0.15, 0.2) is 57.1 Å². The van der Waals surface area contributed by atoms with Crippen LogP contribution in [-0.4, -0.2) is 20.3 Å². The summed E-state index contributed by atoms with van der Waals surface area (Å²) in [5.74, 6) is -0.818. The fourth-order valence-corrected chi connectivity index (χ4v) is 3.59. The monoisotopic (exact) mass is 368 g/mol. The normalized spacial score (nSPS) is 11.1. The molecule has 0 saturated heterocycles. The lowest BCUT2D eigenvalue weighted by Gasteiger charge is -2.04. The van der Waals surface area contributed by atoms with E-state index in [1.807, 2.05) is 30.6 Å². The summed E-state index contributed by atoms with van der Waals surface area (Å²) in [6.07, 6.45) is 0. The predicted octanol–water partition coefficient (Wildman–Crippen LogP) is 2.37. The lowest BCUT2D eigenvalue weighted by atomic mass is 10.3. The average molecular weight is 368 g/mol. The Morgan fingerprint density at radius 1 is 1.27 bits per heavy atom. The van der Waals surface area contributed by atoms with Gasteiger partial charge in [-0.3, -0.25) is 14.0 Å². The summed E-state index contributed by atoms with van der Waals surface area (Å²) in [7, 11) is 1.87. The number of carbonyl (C=O) groups excluding carboxylic acids is 1. The summed E-state index contributed by atoms with van der Waals surface area (Å²) in [5, 5.41) is 9.24. The molecular weight excluding hydrogens is 352 g/mol. The highest BCUT2D eigenvalue weighted by Crippen LogP contribution is 2.24. The molecule has 1 amide bonds. The first-order valence-electron chi connectivity index (χ1n) is 8.03. The third kappa shape index (κ3) is 3.06. The molecule has 132 valence electrons. The number of aromatic nitrogens is 3. The molecule has 1 N–H and O–H groups in total. The van der Waals surface area contributed by atoms with Crippen molar-refractivity contribution < 1.29 is 9.21 Å². The Balaban J connectivity index is 1.45. The van der Waals surface area contributed by atoms with Gasteiger partial charge in [-0.15, -0.1) is 11.3 Å². The Hall–Kier alpha value is -3.13. The first kappa shape index (κ1) is 16.3. The zero-order valence-corrected chi connectivity index (χ0v) is 14.8. The molecule has 0 unspecified atom stereocenters. The number of amides is 1. The van der Waals surface area contributed by atoms with Gasteiger partial charge in [-0.1, -0.05) is 18.2 Å². The summed E-state index contributed by atoms with van der Waals surface area (Å²) in [5.41, 5.74) is 2.83. The molecule has 0 aliphatic rings. The van der Waals surface area contributed by atoms with Gasteiger partial charge >= 0.3 is 5.76 Å². The molecule has 8 heteroatoms. The maximum atomic E-state index is 12.3. The maximum absolute atomic E-state index is 12.3. The van der Waals surface area contributed by atoms with Crippen LogP contribution in [0.5, 0.6) is 0 Å². The molecule has 0 fully saturated rings. The molecule has 0 aliphatic heterocycles. The Bertz CT molecular complexity index is 1120. The van der Waals surface area contributed by atoms with E-state index in [9.17, 15) is 9.59 Å².